The maximum atomic E-state index is 13.9. The van der Waals surface area contributed by atoms with Gasteiger partial charge in [-0.2, -0.15) is 0 Å². The van der Waals surface area contributed by atoms with Gasteiger partial charge < -0.3 is 15.4 Å². The molecule has 0 aromatic carbocycles. The normalized spacial score (nSPS) is 12.5. The van der Waals surface area contributed by atoms with Gasteiger partial charge in [-0.3, -0.25) is 0 Å². The summed E-state index contributed by atoms with van der Waals surface area (Å²) >= 11 is 0. The molecule has 0 radical (unpaired) electrons. The number of aryl methyl sites for hydroxylation is 1. The van der Waals surface area contributed by atoms with Gasteiger partial charge in [0.2, 0.25) is 0 Å². The molecule has 0 bridgehead atoms. The lowest BCUT2D eigenvalue weighted by atomic mass is 10.2. The van der Waals surface area contributed by atoms with E-state index in [1.807, 2.05) is 6.92 Å². The molecular weight excluding hydrogens is 223 g/mol. The third-order valence-corrected chi connectivity index (χ3v) is 2.43. The molecule has 0 saturated carbocycles. The van der Waals surface area contributed by atoms with Gasteiger partial charge in [-0.15, -0.1) is 0 Å². The first-order valence-corrected chi connectivity index (χ1v) is 5.55. The van der Waals surface area contributed by atoms with Gasteiger partial charge in [0.05, 0.1) is 12.3 Å². The molecule has 0 fully saturated rings. The molecule has 1 aromatic heterocycles. The zero-order valence-electron chi connectivity index (χ0n) is 10.5. The van der Waals surface area contributed by atoms with Crippen molar-refractivity contribution in [1.82, 2.24) is 9.97 Å². The highest BCUT2D eigenvalue weighted by Crippen LogP contribution is 2.16. The Labute approximate surface area is 101 Å². The third-order valence-electron chi connectivity index (χ3n) is 2.43. The largest absolute Gasteiger partial charge is 0.383 e. The average molecular weight is 242 g/mol. The van der Waals surface area contributed by atoms with Crippen molar-refractivity contribution >= 4 is 5.82 Å². The highest BCUT2D eigenvalue weighted by Gasteiger charge is 2.15. The molecule has 6 heteroatoms. The van der Waals surface area contributed by atoms with E-state index >= 15 is 0 Å². The second-order valence-corrected chi connectivity index (χ2v) is 3.91. The van der Waals surface area contributed by atoms with Gasteiger partial charge >= 0.3 is 0 Å². The maximum Gasteiger partial charge on any atom is 0.187 e. The molecule has 17 heavy (non-hydrogen) atoms. The maximum absolute atomic E-state index is 13.9. The van der Waals surface area contributed by atoms with Gasteiger partial charge in [0, 0.05) is 26.7 Å². The molecule has 0 aliphatic heterocycles. The van der Waals surface area contributed by atoms with Crippen LogP contribution in [0.25, 0.3) is 0 Å². The molecule has 1 unspecified atom stereocenters. The summed E-state index contributed by atoms with van der Waals surface area (Å²) < 4.78 is 18.9. The number of ether oxygens (including phenoxy) is 1. The Morgan fingerprint density at radius 3 is 2.82 bits per heavy atom. The van der Waals surface area contributed by atoms with Crippen LogP contribution in [0.3, 0.4) is 0 Å². The fraction of sp³-hybridized carbons (Fsp3) is 0.636. The molecule has 0 amide bonds. The topological polar surface area (TPSA) is 64.3 Å². The van der Waals surface area contributed by atoms with Crippen LogP contribution in [-0.2, 0) is 11.2 Å². The van der Waals surface area contributed by atoms with Crippen molar-refractivity contribution in [3.05, 3.63) is 17.8 Å². The van der Waals surface area contributed by atoms with E-state index in [1.54, 1.807) is 19.1 Å². The van der Waals surface area contributed by atoms with E-state index in [9.17, 15) is 4.39 Å². The van der Waals surface area contributed by atoms with E-state index in [0.717, 1.165) is 0 Å². The molecule has 0 spiro atoms. The van der Waals surface area contributed by atoms with Crippen molar-refractivity contribution in [3.8, 4) is 0 Å². The van der Waals surface area contributed by atoms with Gasteiger partial charge in [0.15, 0.2) is 11.6 Å². The lowest BCUT2D eigenvalue weighted by molar-refractivity contribution is 0.181. The number of nitrogens with two attached hydrogens (primary N) is 1. The minimum atomic E-state index is -0.373. The number of anilines is 1. The number of aromatic nitrogens is 2. The van der Waals surface area contributed by atoms with Crippen LogP contribution in [0.4, 0.5) is 10.2 Å². The Balaban J connectivity index is 2.78. The van der Waals surface area contributed by atoms with E-state index < -0.39 is 0 Å². The summed E-state index contributed by atoms with van der Waals surface area (Å²) in [5.41, 5.74) is 6.23. The number of methoxy groups -OCH3 is 1. The first-order chi connectivity index (χ1) is 8.10. The predicted octanol–water partition coefficient (Wildman–Crippen LogP) is 0.588. The van der Waals surface area contributed by atoms with Crippen LogP contribution in [0.1, 0.15) is 12.6 Å². The summed E-state index contributed by atoms with van der Waals surface area (Å²) in [6.45, 7) is 2.76. The molecule has 1 aromatic rings. The van der Waals surface area contributed by atoms with Crippen LogP contribution < -0.4 is 10.6 Å². The summed E-state index contributed by atoms with van der Waals surface area (Å²) in [4.78, 5) is 9.51. The molecule has 1 atom stereocenters. The third kappa shape index (κ3) is 3.61. The van der Waals surface area contributed by atoms with E-state index in [1.165, 1.54) is 6.33 Å². The average Bonchev–Trinajstić information content (AvgIpc) is 2.29. The highest BCUT2D eigenvalue weighted by atomic mass is 19.1. The summed E-state index contributed by atoms with van der Waals surface area (Å²) in [6.07, 6.45) is 1.91. The smallest absolute Gasteiger partial charge is 0.187 e. The lowest BCUT2D eigenvalue weighted by Gasteiger charge is -2.22. The second kappa shape index (κ2) is 6.46. The van der Waals surface area contributed by atoms with Crippen molar-refractivity contribution in [3.63, 3.8) is 0 Å². The van der Waals surface area contributed by atoms with Crippen molar-refractivity contribution in [2.75, 3.05) is 32.2 Å². The highest BCUT2D eigenvalue weighted by molar-refractivity contribution is 5.40. The molecule has 0 aliphatic rings. The first-order valence-electron chi connectivity index (χ1n) is 5.55. The summed E-state index contributed by atoms with van der Waals surface area (Å²) in [5.74, 6) is -0.0921. The fourth-order valence-corrected chi connectivity index (χ4v) is 1.61. The van der Waals surface area contributed by atoms with Crippen LogP contribution in [0.2, 0.25) is 0 Å². The van der Waals surface area contributed by atoms with Gasteiger partial charge in [0.25, 0.3) is 0 Å². The molecule has 2 N–H and O–H groups in total. The Hall–Kier alpha value is -1.27. The van der Waals surface area contributed by atoms with Gasteiger partial charge in [-0.25, -0.2) is 14.4 Å². The Kier molecular flexibility index (Phi) is 5.24. The van der Waals surface area contributed by atoms with E-state index in [-0.39, 0.29) is 17.7 Å². The van der Waals surface area contributed by atoms with Gasteiger partial charge in [-0.05, 0) is 6.42 Å². The van der Waals surface area contributed by atoms with Crippen molar-refractivity contribution in [2.45, 2.75) is 19.4 Å². The lowest BCUT2D eigenvalue weighted by Crippen LogP contribution is -2.39. The fourth-order valence-electron chi connectivity index (χ4n) is 1.61. The summed E-state index contributed by atoms with van der Waals surface area (Å²) in [6, 6.07) is -0.176. The number of rotatable bonds is 6. The van der Waals surface area contributed by atoms with Crippen molar-refractivity contribution in [2.24, 2.45) is 5.73 Å². The van der Waals surface area contributed by atoms with Gasteiger partial charge in [-0.1, -0.05) is 6.92 Å². The Morgan fingerprint density at radius 2 is 2.24 bits per heavy atom. The summed E-state index contributed by atoms with van der Waals surface area (Å²) in [7, 11) is 3.33. The van der Waals surface area contributed by atoms with Crippen LogP contribution >= 0.6 is 0 Å². The minimum absolute atomic E-state index is 0.176. The Bertz CT molecular complexity index is 361. The van der Waals surface area contributed by atoms with Gasteiger partial charge in [0.1, 0.15) is 6.33 Å². The minimum Gasteiger partial charge on any atom is -0.383 e. The quantitative estimate of drug-likeness (QED) is 0.791. The number of halogens is 1. The number of nitrogens with zero attached hydrogens (tertiary/aromatic N) is 3. The molecule has 1 heterocycles. The van der Waals surface area contributed by atoms with Crippen molar-refractivity contribution in [1.29, 1.82) is 0 Å². The van der Waals surface area contributed by atoms with Crippen LogP contribution in [0, 0.1) is 5.82 Å². The van der Waals surface area contributed by atoms with Crippen LogP contribution in [0.15, 0.2) is 6.33 Å². The molecule has 96 valence electrons. The molecule has 1 rings (SSSR count). The molecule has 0 aliphatic carbocycles. The zero-order chi connectivity index (χ0) is 12.8. The molecule has 0 saturated heterocycles. The zero-order valence-corrected chi connectivity index (χ0v) is 10.5. The van der Waals surface area contributed by atoms with E-state index in [2.05, 4.69) is 9.97 Å². The monoisotopic (exact) mass is 242 g/mol. The molecule has 5 nitrogen and oxygen atoms in total. The number of hydrogen-bond acceptors (Lipinski definition) is 5. The number of likely N-dealkylation sites (N-methyl/N-ethyl adjacent to an activating group) is 1. The van der Waals surface area contributed by atoms with E-state index in [0.29, 0.717) is 25.3 Å². The molecular formula is C11H19FN4O. The van der Waals surface area contributed by atoms with Crippen LogP contribution in [0.5, 0.6) is 0 Å². The van der Waals surface area contributed by atoms with E-state index in [4.69, 9.17) is 10.5 Å². The predicted molar refractivity (Wildman–Crippen MR) is 64.5 cm³/mol. The first kappa shape index (κ1) is 13.8. The standard InChI is InChI=1S/C11H19FN4O/c1-4-9-10(12)11(15-7-14-9)16(2)5-8(13)6-17-3/h7-8H,4-6,13H2,1-3H3. The summed E-state index contributed by atoms with van der Waals surface area (Å²) in [5, 5.41) is 0. The Morgan fingerprint density at radius 1 is 1.53 bits per heavy atom. The number of hydrogen-bond donors (Lipinski definition) is 1. The van der Waals surface area contributed by atoms with Crippen LogP contribution in [-0.4, -0.2) is 43.3 Å². The van der Waals surface area contributed by atoms with Crippen molar-refractivity contribution < 1.29 is 9.13 Å². The SMILES string of the molecule is CCc1ncnc(N(C)CC(N)COC)c1F. The second-order valence-electron chi connectivity index (χ2n) is 3.91.